The molecule has 4 N–H and O–H groups in total. The lowest BCUT2D eigenvalue weighted by molar-refractivity contribution is 0.0342. The number of rotatable bonds is 8. The van der Waals surface area contributed by atoms with Crippen molar-refractivity contribution >= 4 is 40.7 Å². The van der Waals surface area contributed by atoms with Gasteiger partial charge in [0.25, 0.3) is 17.7 Å². The Hall–Kier alpha value is -3.80. The fraction of sp³-hybridized carbons (Fsp3) is 0.280. The number of amides is 3. The molecule has 1 unspecified atom stereocenters. The standard InChI is InChI=1S/C25H26ClFN6O4/c1-15(13-33-8-10-37-11-9-33)30-24(35)21-22(29-14-28-21)25(36)32-18-5-3-17(4-6-18)31-23(34)19-7-2-16(27)12-20(19)26/h2-7,12,14-15H,8-11,13H2,1H3,(H,28,29)(H,30,35)(H,31,34)(H,32,36). The van der Waals surface area contributed by atoms with Gasteiger partial charge in [0.1, 0.15) is 11.5 Å². The summed E-state index contributed by atoms with van der Waals surface area (Å²) < 4.78 is 18.6. The van der Waals surface area contributed by atoms with Crippen LogP contribution in [0.1, 0.15) is 38.3 Å². The number of halogens is 2. The molecule has 1 fully saturated rings. The molecule has 3 aromatic rings. The number of hydrogen-bond acceptors (Lipinski definition) is 6. The van der Waals surface area contributed by atoms with Crippen LogP contribution < -0.4 is 16.0 Å². The molecule has 3 amide bonds. The van der Waals surface area contributed by atoms with Gasteiger partial charge >= 0.3 is 0 Å². The normalized spacial score (nSPS) is 14.6. The Morgan fingerprint density at radius 2 is 1.70 bits per heavy atom. The second-order valence-electron chi connectivity index (χ2n) is 8.52. The molecular weight excluding hydrogens is 503 g/mol. The van der Waals surface area contributed by atoms with Gasteiger partial charge in [0.15, 0.2) is 5.69 Å². The number of nitrogens with one attached hydrogen (secondary N) is 4. The number of nitrogens with zero attached hydrogens (tertiary/aromatic N) is 2. The number of imidazole rings is 1. The molecule has 4 rings (SSSR count). The molecule has 2 heterocycles. The number of ether oxygens (including phenoxy) is 1. The maximum Gasteiger partial charge on any atom is 0.276 e. The second kappa shape index (κ2) is 12.0. The van der Waals surface area contributed by atoms with Gasteiger partial charge in [-0.15, -0.1) is 0 Å². The van der Waals surface area contributed by atoms with E-state index in [1.165, 1.54) is 12.4 Å². The SMILES string of the molecule is CC(CN1CCOCC1)NC(=O)c1[nH]cnc1C(=O)Nc1ccc(NC(=O)c2ccc(F)cc2Cl)cc1. The van der Waals surface area contributed by atoms with Crippen LogP contribution in [0.15, 0.2) is 48.8 Å². The van der Waals surface area contributed by atoms with Gasteiger partial charge in [-0.25, -0.2) is 9.37 Å². The third-order valence-corrected chi connectivity index (χ3v) is 5.98. The van der Waals surface area contributed by atoms with Crippen LogP contribution in [0.3, 0.4) is 0 Å². The number of morpholine rings is 1. The van der Waals surface area contributed by atoms with Gasteiger partial charge in [-0.1, -0.05) is 11.6 Å². The van der Waals surface area contributed by atoms with E-state index < -0.39 is 23.5 Å². The van der Waals surface area contributed by atoms with Gasteiger partial charge in [0.05, 0.1) is 30.1 Å². The minimum absolute atomic E-state index is 0.00397. The van der Waals surface area contributed by atoms with Crippen LogP contribution in [0.4, 0.5) is 15.8 Å². The Morgan fingerprint density at radius 3 is 2.35 bits per heavy atom. The van der Waals surface area contributed by atoms with Crippen LogP contribution in [0.5, 0.6) is 0 Å². The van der Waals surface area contributed by atoms with Gasteiger partial charge in [-0.05, 0) is 49.4 Å². The predicted molar refractivity (Wildman–Crippen MR) is 137 cm³/mol. The van der Waals surface area contributed by atoms with E-state index in [0.717, 1.165) is 25.2 Å². The highest BCUT2D eigenvalue weighted by atomic mass is 35.5. The van der Waals surface area contributed by atoms with E-state index >= 15 is 0 Å². The van der Waals surface area contributed by atoms with Crippen molar-refractivity contribution in [3.8, 4) is 0 Å². The highest BCUT2D eigenvalue weighted by Crippen LogP contribution is 2.20. The molecule has 12 heteroatoms. The summed E-state index contributed by atoms with van der Waals surface area (Å²) in [4.78, 5) is 46.9. The maximum absolute atomic E-state index is 13.2. The molecule has 194 valence electrons. The van der Waals surface area contributed by atoms with Crippen molar-refractivity contribution in [3.05, 3.63) is 76.6 Å². The third-order valence-electron chi connectivity index (χ3n) is 5.67. The molecule has 0 aliphatic carbocycles. The average Bonchev–Trinajstić information content (AvgIpc) is 3.36. The van der Waals surface area contributed by atoms with E-state index in [1.807, 2.05) is 6.92 Å². The Morgan fingerprint density at radius 1 is 1.05 bits per heavy atom. The van der Waals surface area contributed by atoms with E-state index in [2.05, 4.69) is 30.8 Å². The molecule has 10 nitrogen and oxygen atoms in total. The highest BCUT2D eigenvalue weighted by molar-refractivity contribution is 6.34. The summed E-state index contributed by atoms with van der Waals surface area (Å²) in [6.45, 7) is 5.51. The highest BCUT2D eigenvalue weighted by Gasteiger charge is 2.23. The van der Waals surface area contributed by atoms with E-state index in [9.17, 15) is 18.8 Å². The Labute approximate surface area is 217 Å². The van der Waals surface area contributed by atoms with E-state index in [4.69, 9.17) is 16.3 Å². The number of carbonyl (C=O) groups excluding carboxylic acids is 3. The van der Waals surface area contributed by atoms with Gasteiger partial charge in [-0.2, -0.15) is 0 Å². The Bertz CT molecular complexity index is 1280. The number of carbonyl (C=O) groups is 3. The first-order chi connectivity index (χ1) is 17.8. The molecule has 0 spiro atoms. The lowest BCUT2D eigenvalue weighted by Gasteiger charge is -2.29. The van der Waals surface area contributed by atoms with Gasteiger partial charge in [0, 0.05) is 37.1 Å². The summed E-state index contributed by atoms with van der Waals surface area (Å²) in [5, 5.41) is 8.23. The van der Waals surface area contributed by atoms with Crippen LogP contribution in [0, 0.1) is 5.82 Å². The number of benzene rings is 2. The quantitative estimate of drug-likeness (QED) is 0.355. The molecule has 0 saturated carbocycles. The van der Waals surface area contributed by atoms with Crippen molar-refractivity contribution in [2.45, 2.75) is 13.0 Å². The zero-order valence-corrected chi connectivity index (χ0v) is 20.8. The van der Waals surface area contributed by atoms with Gasteiger partial charge < -0.3 is 25.7 Å². The van der Waals surface area contributed by atoms with Crippen molar-refractivity contribution in [1.82, 2.24) is 20.2 Å². The minimum atomic E-state index is -0.567. The number of aromatic nitrogens is 2. The summed E-state index contributed by atoms with van der Waals surface area (Å²) in [6.07, 6.45) is 1.29. The average molecular weight is 529 g/mol. The van der Waals surface area contributed by atoms with Gasteiger partial charge in [0.2, 0.25) is 0 Å². The van der Waals surface area contributed by atoms with Crippen LogP contribution in [0.2, 0.25) is 5.02 Å². The number of H-pyrrole nitrogens is 1. The lowest BCUT2D eigenvalue weighted by atomic mass is 10.2. The summed E-state index contributed by atoms with van der Waals surface area (Å²) >= 11 is 5.94. The predicted octanol–water partition coefficient (Wildman–Crippen LogP) is 3.16. The van der Waals surface area contributed by atoms with Crippen molar-refractivity contribution in [2.75, 3.05) is 43.5 Å². The van der Waals surface area contributed by atoms with Gasteiger partial charge in [-0.3, -0.25) is 19.3 Å². The number of hydrogen-bond donors (Lipinski definition) is 4. The number of anilines is 2. The first-order valence-corrected chi connectivity index (χ1v) is 12.0. The van der Waals surface area contributed by atoms with Crippen LogP contribution in [-0.2, 0) is 4.74 Å². The van der Waals surface area contributed by atoms with E-state index in [0.29, 0.717) is 31.1 Å². The monoisotopic (exact) mass is 528 g/mol. The fourth-order valence-corrected chi connectivity index (χ4v) is 4.10. The zero-order valence-electron chi connectivity index (χ0n) is 20.0. The molecule has 1 atom stereocenters. The summed E-state index contributed by atoms with van der Waals surface area (Å²) in [6, 6.07) is 9.68. The third kappa shape index (κ3) is 6.91. The topological polar surface area (TPSA) is 128 Å². The molecule has 2 aromatic carbocycles. The Balaban J connectivity index is 1.33. The van der Waals surface area contributed by atoms with Crippen LogP contribution in [0.25, 0.3) is 0 Å². The second-order valence-corrected chi connectivity index (χ2v) is 8.93. The van der Waals surface area contributed by atoms with E-state index in [1.54, 1.807) is 24.3 Å². The summed E-state index contributed by atoms with van der Waals surface area (Å²) in [7, 11) is 0. The van der Waals surface area contributed by atoms with E-state index in [-0.39, 0.29) is 28.0 Å². The molecule has 1 saturated heterocycles. The van der Waals surface area contributed by atoms with Crippen molar-refractivity contribution in [2.24, 2.45) is 0 Å². The Kier molecular flexibility index (Phi) is 8.49. The lowest BCUT2D eigenvalue weighted by Crippen LogP contribution is -2.46. The summed E-state index contributed by atoms with van der Waals surface area (Å²) in [5.41, 5.74) is 1.02. The van der Waals surface area contributed by atoms with Crippen molar-refractivity contribution in [1.29, 1.82) is 0 Å². The van der Waals surface area contributed by atoms with Crippen LogP contribution >= 0.6 is 11.6 Å². The molecule has 0 radical (unpaired) electrons. The smallest absolute Gasteiger partial charge is 0.276 e. The van der Waals surface area contributed by atoms with Crippen LogP contribution in [-0.4, -0.2) is 71.5 Å². The first-order valence-electron chi connectivity index (χ1n) is 11.6. The first kappa shape index (κ1) is 26.3. The molecule has 1 aromatic heterocycles. The molecule has 1 aliphatic heterocycles. The maximum atomic E-state index is 13.2. The molecule has 37 heavy (non-hydrogen) atoms. The number of aromatic amines is 1. The minimum Gasteiger partial charge on any atom is -0.379 e. The molecular formula is C25H26ClFN6O4. The van der Waals surface area contributed by atoms with Crippen molar-refractivity contribution in [3.63, 3.8) is 0 Å². The summed E-state index contributed by atoms with van der Waals surface area (Å²) in [5.74, 6) is -2.04. The van der Waals surface area contributed by atoms with Crippen molar-refractivity contribution < 1.29 is 23.5 Å². The molecule has 1 aliphatic rings. The fourth-order valence-electron chi connectivity index (χ4n) is 3.85. The zero-order chi connectivity index (χ0) is 26.4. The molecule has 0 bridgehead atoms. The largest absolute Gasteiger partial charge is 0.379 e.